The predicted octanol–water partition coefficient (Wildman–Crippen LogP) is 2.05. The molecule has 0 aliphatic carbocycles. The van der Waals surface area contributed by atoms with Gasteiger partial charge in [0.25, 0.3) is 0 Å². The third kappa shape index (κ3) is 6.36. The van der Waals surface area contributed by atoms with Crippen LogP contribution in [0.1, 0.15) is 6.42 Å². The highest BCUT2D eigenvalue weighted by atomic mass is 35.5. The summed E-state index contributed by atoms with van der Waals surface area (Å²) in [5.74, 6) is 1.41. The van der Waals surface area contributed by atoms with Crippen molar-refractivity contribution in [1.82, 2.24) is 0 Å². The van der Waals surface area contributed by atoms with E-state index in [1.807, 2.05) is 12.1 Å². The third-order valence-electron chi connectivity index (χ3n) is 1.84. The maximum Gasteiger partial charge on any atom is 0.193 e. The normalized spacial score (nSPS) is 9.83. The number of benzene rings is 1. The fourth-order valence-corrected chi connectivity index (χ4v) is 1.85. The summed E-state index contributed by atoms with van der Waals surface area (Å²) in [7, 11) is 0. The van der Waals surface area contributed by atoms with E-state index in [9.17, 15) is 0 Å². The monoisotopic (exact) mass is 286 g/mol. The van der Waals surface area contributed by atoms with Gasteiger partial charge in [-0.25, -0.2) is 0 Å². The lowest BCUT2D eigenvalue weighted by Crippen LogP contribution is -2.23. The van der Waals surface area contributed by atoms with Crippen LogP contribution in [-0.4, -0.2) is 23.5 Å². The van der Waals surface area contributed by atoms with Crippen LogP contribution in [0.25, 0.3) is 0 Å². The molecule has 1 aromatic rings. The summed E-state index contributed by atoms with van der Waals surface area (Å²) in [6, 6.07) is 7.19. The average Bonchev–Trinajstić information content (AvgIpc) is 2.30. The highest BCUT2D eigenvalue weighted by Gasteiger charge is 1.97. The number of ether oxygens (including phenoxy) is 1. The second-order valence-electron chi connectivity index (χ2n) is 3.35. The van der Waals surface area contributed by atoms with E-state index in [0.29, 0.717) is 11.6 Å². The molecule has 0 saturated carbocycles. The Morgan fingerprint density at radius 1 is 1.33 bits per heavy atom. The number of hydrogen-bond donors (Lipinski definition) is 3. The molecule has 0 unspecified atom stereocenters. The van der Waals surface area contributed by atoms with Gasteiger partial charge in [0, 0.05) is 10.8 Å². The molecule has 0 aromatic heterocycles. The lowest BCUT2D eigenvalue weighted by atomic mass is 10.3. The summed E-state index contributed by atoms with van der Waals surface area (Å²) in [5.41, 5.74) is 10.3. The van der Waals surface area contributed by atoms with Crippen LogP contribution >= 0.6 is 23.4 Å². The lowest BCUT2D eigenvalue weighted by molar-refractivity contribution is 0.319. The minimum Gasteiger partial charge on any atom is -0.494 e. The Kier molecular flexibility index (Phi) is 6.38. The van der Waals surface area contributed by atoms with E-state index in [2.05, 4.69) is 4.99 Å². The van der Waals surface area contributed by atoms with Gasteiger partial charge in [-0.3, -0.25) is 5.41 Å². The van der Waals surface area contributed by atoms with E-state index in [1.54, 1.807) is 12.1 Å². The Morgan fingerprint density at radius 2 is 2.00 bits per heavy atom. The van der Waals surface area contributed by atoms with Crippen LogP contribution in [0.4, 0.5) is 0 Å². The summed E-state index contributed by atoms with van der Waals surface area (Å²) in [5, 5.41) is 8.20. The Labute approximate surface area is 115 Å². The zero-order valence-electron chi connectivity index (χ0n) is 9.73. The third-order valence-corrected chi connectivity index (χ3v) is 2.95. The van der Waals surface area contributed by atoms with Crippen LogP contribution in [0.3, 0.4) is 0 Å². The van der Waals surface area contributed by atoms with Crippen molar-refractivity contribution >= 4 is 34.5 Å². The zero-order chi connectivity index (χ0) is 13.4. The van der Waals surface area contributed by atoms with Crippen molar-refractivity contribution in [2.45, 2.75) is 6.42 Å². The summed E-state index contributed by atoms with van der Waals surface area (Å²) in [4.78, 5) is 3.61. The van der Waals surface area contributed by atoms with Crippen molar-refractivity contribution in [1.29, 1.82) is 5.41 Å². The van der Waals surface area contributed by atoms with E-state index in [4.69, 9.17) is 33.2 Å². The Morgan fingerprint density at radius 3 is 2.61 bits per heavy atom. The standard InChI is InChI=1S/C11H15ClN4OS/c12-8-2-4-9(5-3-8)17-6-1-7-18-11(15)16-10(13)14/h2-5H,1,6-7H2,(H5,13,14,15,16). The first-order chi connectivity index (χ1) is 8.58. The molecule has 0 bridgehead atoms. The van der Waals surface area contributed by atoms with Crippen molar-refractivity contribution in [2.24, 2.45) is 16.5 Å². The molecule has 1 aromatic carbocycles. The molecule has 98 valence electrons. The molecule has 5 N–H and O–H groups in total. The van der Waals surface area contributed by atoms with E-state index in [-0.39, 0.29) is 11.1 Å². The predicted molar refractivity (Wildman–Crippen MR) is 77.6 cm³/mol. The number of thioether (sulfide) groups is 1. The van der Waals surface area contributed by atoms with Crippen LogP contribution < -0.4 is 16.2 Å². The van der Waals surface area contributed by atoms with E-state index in [0.717, 1.165) is 17.9 Å². The van der Waals surface area contributed by atoms with E-state index < -0.39 is 0 Å². The quantitative estimate of drug-likeness (QED) is 0.438. The molecule has 0 amide bonds. The van der Waals surface area contributed by atoms with Gasteiger partial charge in [0.1, 0.15) is 5.75 Å². The van der Waals surface area contributed by atoms with Crippen molar-refractivity contribution in [3.8, 4) is 5.75 Å². The van der Waals surface area contributed by atoms with E-state index >= 15 is 0 Å². The Balaban J connectivity index is 2.14. The zero-order valence-corrected chi connectivity index (χ0v) is 11.3. The van der Waals surface area contributed by atoms with Crippen LogP contribution in [-0.2, 0) is 0 Å². The number of guanidine groups is 1. The number of hydrogen-bond acceptors (Lipinski definition) is 3. The van der Waals surface area contributed by atoms with Gasteiger partial charge in [-0.2, -0.15) is 4.99 Å². The summed E-state index contributed by atoms with van der Waals surface area (Å²) < 4.78 is 5.50. The van der Waals surface area contributed by atoms with Crippen molar-refractivity contribution in [2.75, 3.05) is 12.4 Å². The second-order valence-corrected chi connectivity index (χ2v) is 4.87. The Bertz CT molecular complexity index is 418. The Hall–Kier alpha value is -1.40. The van der Waals surface area contributed by atoms with Gasteiger partial charge >= 0.3 is 0 Å². The second kappa shape index (κ2) is 7.84. The molecule has 0 fully saturated rings. The molecule has 0 heterocycles. The largest absolute Gasteiger partial charge is 0.494 e. The van der Waals surface area contributed by atoms with E-state index in [1.165, 1.54) is 11.8 Å². The van der Waals surface area contributed by atoms with Gasteiger partial charge in [0.2, 0.25) is 0 Å². The first-order valence-corrected chi connectivity index (χ1v) is 6.63. The highest BCUT2D eigenvalue weighted by Crippen LogP contribution is 2.16. The first kappa shape index (κ1) is 14.7. The fourth-order valence-electron chi connectivity index (χ4n) is 1.10. The lowest BCUT2D eigenvalue weighted by Gasteiger charge is -2.05. The van der Waals surface area contributed by atoms with Crippen LogP contribution in [0.5, 0.6) is 5.75 Å². The number of halogens is 1. The number of aliphatic imine (C=N–C) groups is 1. The number of nitrogens with one attached hydrogen (secondary N) is 1. The van der Waals surface area contributed by atoms with Gasteiger partial charge in [-0.15, -0.1) is 0 Å². The molecule has 0 aliphatic heterocycles. The minimum absolute atomic E-state index is 0.0927. The van der Waals surface area contributed by atoms with Gasteiger partial charge in [-0.1, -0.05) is 23.4 Å². The summed E-state index contributed by atoms with van der Waals surface area (Å²) in [6.07, 6.45) is 0.801. The smallest absolute Gasteiger partial charge is 0.193 e. The van der Waals surface area contributed by atoms with Crippen molar-refractivity contribution < 1.29 is 4.74 Å². The molecule has 0 spiro atoms. The van der Waals surface area contributed by atoms with Crippen molar-refractivity contribution in [3.63, 3.8) is 0 Å². The maximum atomic E-state index is 7.40. The number of nitrogens with zero attached hydrogens (tertiary/aromatic N) is 1. The molecule has 0 atom stereocenters. The molecular formula is C11H15ClN4OS. The molecule has 0 saturated heterocycles. The first-order valence-electron chi connectivity index (χ1n) is 5.27. The minimum atomic E-state index is -0.0927. The SMILES string of the molecule is N=C(N=C(N)N)SCCCOc1ccc(Cl)cc1. The number of nitrogens with two attached hydrogens (primary N) is 2. The topological polar surface area (TPSA) is 97.5 Å². The molecular weight excluding hydrogens is 272 g/mol. The van der Waals surface area contributed by atoms with Gasteiger partial charge in [0.05, 0.1) is 6.61 Å². The molecule has 0 aliphatic rings. The molecule has 18 heavy (non-hydrogen) atoms. The van der Waals surface area contributed by atoms with Crippen LogP contribution in [0.2, 0.25) is 5.02 Å². The number of amidine groups is 1. The van der Waals surface area contributed by atoms with Crippen molar-refractivity contribution in [3.05, 3.63) is 29.3 Å². The maximum absolute atomic E-state index is 7.40. The molecule has 5 nitrogen and oxygen atoms in total. The summed E-state index contributed by atoms with van der Waals surface area (Å²) in [6.45, 7) is 0.573. The fraction of sp³-hybridized carbons (Fsp3) is 0.273. The molecule has 7 heteroatoms. The number of rotatable bonds is 5. The molecule has 0 radical (unpaired) electrons. The van der Waals surface area contributed by atoms with Gasteiger partial charge < -0.3 is 16.2 Å². The van der Waals surface area contributed by atoms with Crippen LogP contribution in [0.15, 0.2) is 29.3 Å². The highest BCUT2D eigenvalue weighted by molar-refractivity contribution is 8.13. The van der Waals surface area contributed by atoms with Gasteiger partial charge in [-0.05, 0) is 30.7 Å². The van der Waals surface area contributed by atoms with Crippen LogP contribution in [0, 0.1) is 5.41 Å². The summed E-state index contributed by atoms with van der Waals surface area (Å²) >= 11 is 7.03. The average molecular weight is 287 g/mol. The molecule has 1 rings (SSSR count). The van der Waals surface area contributed by atoms with Gasteiger partial charge in [0.15, 0.2) is 11.1 Å².